The van der Waals surface area contributed by atoms with Gasteiger partial charge in [-0.3, -0.25) is 4.79 Å². The molecule has 1 aliphatic heterocycles. The fourth-order valence-corrected chi connectivity index (χ4v) is 5.37. The van der Waals surface area contributed by atoms with E-state index >= 15 is 0 Å². The summed E-state index contributed by atoms with van der Waals surface area (Å²) >= 11 is 5.90. The summed E-state index contributed by atoms with van der Waals surface area (Å²) in [5, 5.41) is 10.3. The second kappa shape index (κ2) is 7.63. The number of carboxylic acid groups (broad SMARTS) is 1. The molecule has 0 saturated carbocycles. The molecule has 0 bridgehead atoms. The highest BCUT2D eigenvalue weighted by molar-refractivity contribution is 7.89. The van der Waals surface area contributed by atoms with Gasteiger partial charge in [-0.05, 0) is 41.0 Å². The molecule has 1 fully saturated rings. The van der Waals surface area contributed by atoms with E-state index in [-0.39, 0.29) is 17.4 Å². The van der Waals surface area contributed by atoms with Gasteiger partial charge < -0.3 is 5.11 Å². The van der Waals surface area contributed by atoms with Crippen LogP contribution in [0.5, 0.6) is 0 Å². The monoisotopic (exact) mass is 427 g/mol. The summed E-state index contributed by atoms with van der Waals surface area (Å²) in [6.45, 7) is 0.141. The van der Waals surface area contributed by atoms with Crippen molar-refractivity contribution in [3.05, 3.63) is 89.4 Å². The van der Waals surface area contributed by atoms with Crippen molar-refractivity contribution in [2.24, 2.45) is 0 Å². The third-order valence-electron chi connectivity index (χ3n) is 5.19. The number of nitrogens with zero attached hydrogens (tertiary/aromatic N) is 1. The minimum Gasteiger partial charge on any atom is -0.480 e. The summed E-state index contributed by atoms with van der Waals surface area (Å²) in [4.78, 5) is 11.9. The smallest absolute Gasteiger partial charge is 0.322 e. The molecule has 0 radical (unpaired) electrons. The Hall–Kier alpha value is -2.67. The van der Waals surface area contributed by atoms with Gasteiger partial charge in [0.25, 0.3) is 0 Å². The number of rotatable bonds is 5. The number of hydrogen-bond donors (Lipinski definition) is 1. The molecule has 3 aromatic carbocycles. The van der Waals surface area contributed by atoms with E-state index < -0.39 is 22.0 Å². The highest BCUT2D eigenvalue weighted by Crippen LogP contribution is 2.38. The number of hydrogen-bond acceptors (Lipinski definition) is 3. The third kappa shape index (κ3) is 3.67. The molecule has 2 atom stereocenters. The van der Waals surface area contributed by atoms with E-state index in [0.717, 1.165) is 21.0 Å². The second-order valence-corrected chi connectivity index (χ2v) is 9.23. The Morgan fingerprint density at radius 2 is 1.45 bits per heavy atom. The Morgan fingerprint density at radius 3 is 2.00 bits per heavy atom. The summed E-state index contributed by atoms with van der Waals surface area (Å²) in [5.74, 6) is -1.51. The summed E-state index contributed by atoms with van der Waals surface area (Å²) in [6.07, 6.45) is 0. The van der Waals surface area contributed by atoms with Gasteiger partial charge in [0.2, 0.25) is 10.0 Å². The molecule has 148 valence electrons. The first-order chi connectivity index (χ1) is 13.9. The van der Waals surface area contributed by atoms with Crippen LogP contribution in [0, 0.1) is 0 Å². The van der Waals surface area contributed by atoms with E-state index in [4.69, 9.17) is 11.6 Å². The lowest BCUT2D eigenvalue weighted by atomic mass is 9.85. The first kappa shape index (κ1) is 19.6. The van der Waals surface area contributed by atoms with Crippen molar-refractivity contribution < 1.29 is 18.3 Å². The van der Waals surface area contributed by atoms with Crippen LogP contribution >= 0.6 is 11.6 Å². The van der Waals surface area contributed by atoms with Crippen LogP contribution < -0.4 is 0 Å². The van der Waals surface area contributed by atoms with Crippen LogP contribution in [0.3, 0.4) is 0 Å². The first-order valence-electron chi connectivity index (χ1n) is 9.03. The van der Waals surface area contributed by atoms with Gasteiger partial charge in [0.1, 0.15) is 6.04 Å². The molecule has 5 nitrogen and oxygen atoms in total. The molecule has 1 heterocycles. The van der Waals surface area contributed by atoms with Crippen LogP contribution in [0.25, 0.3) is 11.1 Å². The third-order valence-corrected chi connectivity index (χ3v) is 7.30. The Bertz CT molecular complexity index is 1130. The number of carboxylic acids is 1. The maximum atomic E-state index is 13.0. The van der Waals surface area contributed by atoms with Gasteiger partial charge in [-0.2, -0.15) is 4.31 Å². The van der Waals surface area contributed by atoms with Gasteiger partial charge in [-0.15, -0.1) is 0 Å². The summed E-state index contributed by atoms with van der Waals surface area (Å²) in [6, 6.07) is 21.7. The molecule has 2 unspecified atom stereocenters. The van der Waals surface area contributed by atoms with Gasteiger partial charge in [-0.25, -0.2) is 8.42 Å². The van der Waals surface area contributed by atoms with Crippen LogP contribution in [-0.2, 0) is 14.8 Å². The maximum absolute atomic E-state index is 13.0. The molecule has 0 aromatic heterocycles. The van der Waals surface area contributed by atoms with Crippen molar-refractivity contribution in [3.63, 3.8) is 0 Å². The highest BCUT2D eigenvalue weighted by Gasteiger charge is 2.51. The highest BCUT2D eigenvalue weighted by atomic mass is 35.5. The molecular formula is C22H18ClNO4S. The molecule has 1 N–H and O–H groups in total. The van der Waals surface area contributed by atoms with E-state index in [1.54, 1.807) is 24.3 Å². The second-order valence-electron chi connectivity index (χ2n) is 6.91. The summed E-state index contributed by atoms with van der Waals surface area (Å²) in [7, 11) is -3.91. The molecule has 1 saturated heterocycles. The molecule has 1 aliphatic rings. The molecule has 0 aliphatic carbocycles. The molecule has 0 amide bonds. The van der Waals surface area contributed by atoms with E-state index in [2.05, 4.69) is 0 Å². The zero-order chi connectivity index (χ0) is 20.6. The Kier molecular flexibility index (Phi) is 5.17. The van der Waals surface area contributed by atoms with Crippen LogP contribution in [-0.4, -0.2) is 36.4 Å². The number of halogens is 1. The van der Waals surface area contributed by atoms with Crippen molar-refractivity contribution in [3.8, 4) is 11.1 Å². The zero-order valence-electron chi connectivity index (χ0n) is 15.3. The Labute approximate surface area is 174 Å². The fraction of sp³-hybridized carbons (Fsp3) is 0.136. The van der Waals surface area contributed by atoms with Crippen molar-refractivity contribution >= 4 is 27.6 Å². The summed E-state index contributed by atoms with van der Waals surface area (Å²) in [5.41, 5.74) is 2.58. The molecule has 29 heavy (non-hydrogen) atoms. The molecule has 7 heteroatoms. The van der Waals surface area contributed by atoms with Gasteiger partial charge >= 0.3 is 5.97 Å². The predicted octanol–water partition coefficient (Wildman–Crippen LogP) is 4.25. The lowest BCUT2D eigenvalue weighted by molar-refractivity contribution is -0.146. The average molecular weight is 428 g/mol. The number of aliphatic carboxylic acids is 1. The summed E-state index contributed by atoms with van der Waals surface area (Å²) < 4.78 is 27.1. The average Bonchev–Trinajstić information content (AvgIpc) is 2.68. The zero-order valence-corrected chi connectivity index (χ0v) is 16.8. The van der Waals surface area contributed by atoms with Crippen LogP contribution in [0.15, 0.2) is 83.8 Å². The normalized spacial score (nSPS) is 19.5. The minimum absolute atomic E-state index is 0.0768. The lowest BCUT2D eigenvalue weighted by Crippen LogP contribution is -2.60. The van der Waals surface area contributed by atoms with E-state index in [1.807, 2.05) is 42.5 Å². The van der Waals surface area contributed by atoms with E-state index in [1.165, 1.54) is 12.1 Å². The molecule has 4 rings (SSSR count). The van der Waals surface area contributed by atoms with Gasteiger partial charge in [0.15, 0.2) is 0 Å². The van der Waals surface area contributed by atoms with Crippen LogP contribution in [0.1, 0.15) is 11.5 Å². The predicted molar refractivity (Wildman–Crippen MR) is 111 cm³/mol. The van der Waals surface area contributed by atoms with Gasteiger partial charge in [0.05, 0.1) is 4.90 Å². The topological polar surface area (TPSA) is 74.7 Å². The Morgan fingerprint density at radius 1 is 0.897 bits per heavy atom. The molecule has 0 spiro atoms. The van der Waals surface area contributed by atoms with Crippen molar-refractivity contribution in [2.75, 3.05) is 6.54 Å². The quantitative estimate of drug-likeness (QED) is 0.660. The van der Waals surface area contributed by atoms with Gasteiger partial charge in [-0.1, -0.05) is 66.2 Å². The van der Waals surface area contributed by atoms with E-state index in [9.17, 15) is 18.3 Å². The Balaban J connectivity index is 1.59. The number of sulfonamides is 1. The van der Waals surface area contributed by atoms with Crippen molar-refractivity contribution in [2.45, 2.75) is 16.9 Å². The maximum Gasteiger partial charge on any atom is 0.322 e. The number of carbonyl (C=O) groups is 1. The molecule has 3 aromatic rings. The first-order valence-corrected chi connectivity index (χ1v) is 10.9. The largest absolute Gasteiger partial charge is 0.480 e. The number of benzene rings is 3. The minimum atomic E-state index is -3.91. The molecular weight excluding hydrogens is 410 g/mol. The SMILES string of the molecule is O=C(O)C1C(c2ccccc2)CN1S(=O)(=O)c1ccc(-c2ccc(Cl)cc2)cc1. The van der Waals surface area contributed by atoms with Crippen molar-refractivity contribution in [1.29, 1.82) is 0 Å². The van der Waals surface area contributed by atoms with Crippen LogP contribution in [0.2, 0.25) is 5.02 Å². The standard InChI is InChI=1S/C22H18ClNO4S/c23-18-10-6-15(7-11-18)16-8-12-19(13-9-16)29(27,28)24-14-20(21(24)22(25)26)17-4-2-1-3-5-17/h1-13,20-21H,14H2,(H,25,26). The van der Waals surface area contributed by atoms with E-state index in [0.29, 0.717) is 5.02 Å². The van der Waals surface area contributed by atoms with Gasteiger partial charge in [0, 0.05) is 17.5 Å². The van der Waals surface area contributed by atoms with Crippen molar-refractivity contribution in [1.82, 2.24) is 4.31 Å². The fourth-order valence-electron chi connectivity index (χ4n) is 3.60. The van der Waals surface area contributed by atoms with Crippen LogP contribution in [0.4, 0.5) is 0 Å². The lowest BCUT2D eigenvalue weighted by Gasteiger charge is -2.44.